The first-order chi connectivity index (χ1) is 17.8. The largest absolute Gasteiger partial charge is 0.490 e. The molecule has 1 atom stereocenters. The van der Waals surface area contributed by atoms with E-state index in [1.807, 2.05) is 73.7 Å². The van der Waals surface area contributed by atoms with Gasteiger partial charge in [0.2, 0.25) is 0 Å². The molecule has 6 nitrogen and oxygen atoms in total. The lowest BCUT2D eigenvalue weighted by atomic mass is 9.97. The molecule has 0 saturated carbocycles. The van der Waals surface area contributed by atoms with Crippen molar-refractivity contribution in [2.24, 2.45) is 0 Å². The van der Waals surface area contributed by atoms with Crippen molar-refractivity contribution in [2.45, 2.75) is 33.3 Å². The van der Waals surface area contributed by atoms with Gasteiger partial charge in [-0.3, -0.25) is 0 Å². The van der Waals surface area contributed by atoms with Gasteiger partial charge < -0.3 is 19.7 Å². The molecule has 192 valence electrons. The van der Waals surface area contributed by atoms with Crippen LogP contribution in [0.25, 0.3) is 22.3 Å². The summed E-state index contributed by atoms with van der Waals surface area (Å²) in [6.07, 6.45) is 2.68. The Labute approximate surface area is 217 Å². The van der Waals surface area contributed by atoms with Crippen molar-refractivity contribution >= 4 is 23.1 Å². The molecule has 0 aliphatic rings. The fourth-order valence-electron chi connectivity index (χ4n) is 3.87. The molecule has 3 rings (SSSR count). The number of carbonyl (C=O) groups is 2. The molecular weight excluding hydrogens is 468 g/mol. The molecule has 0 radical (unpaired) electrons. The molecule has 3 aromatic rings. The van der Waals surface area contributed by atoms with Gasteiger partial charge in [-0.1, -0.05) is 54.6 Å². The third-order valence-electron chi connectivity index (χ3n) is 5.96. The molecule has 3 aromatic carbocycles. The molecule has 0 bridgehead atoms. The summed E-state index contributed by atoms with van der Waals surface area (Å²) in [6.45, 7) is 6.35. The Morgan fingerprint density at radius 1 is 0.865 bits per heavy atom. The van der Waals surface area contributed by atoms with E-state index >= 15 is 0 Å². The Kier molecular flexibility index (Phi) is 9.81. The highest BCUT2D eigenvalue weighted by molar-refractivity contribution is 5.90. The second-order valence-corrected chi connectivity index (χ2v) is 8.65. The molecule has 0 spiro atoms. The molecule has 0 aliphatic carbocycles. The van der Waals surface area contributed by atoms with Crippen LogP contribution in [0.15, 0.2) is 84.9 Å². The number of carboxylic acid groups (broad SMARTS) is 2. The van der Waals surface area contributed by atoms with Crippen LogP contribution in [0.1, 0.15) is 37.5 Å². The van der Waals surface area contributed by atoms with Crippen LogP contribution in [0.4, 0.5) is 0 Å². The van der Waals surface area contributed by atoms with Crippen LogP contribution >= 0.6 is 0 Å². The highest BCUT2D eigenvalue weighted by Crippen LogP contribution is 2.26. The maximum atomic E-state index is 11.3. The van der Waals surface area contributed by atoms with Crippen molar-refractivity contribution in [2.75, 3.05) is 13.2 Å². The number of carboxylic acids is 2. The fraction of sp³-hybridized carbons (Fsp3) is 0.226. The fourth-order valence-corrected chi connectivity index (χ4v) is 3.87. The molecule has 0 heterocycles. The van der Waals surface area contributed by atoms with Crippen LogP contribution in [0.5, 0.6) is 5.75 Å². The summed E-state index contributed by atoms with van der Waals surface area (Å²) in [5.41, 5.74) is 6.68. The summed E-state index contributed by atoms with van der Waals surface area (Å²) in [6, 6.07) is 23.4. The van der Waals surface area contributed by atoms with Crippen molar-refractivity contribution < 1.29 is 29.3 Å². The second-order valence-electron chi connectivity index (χ2n) is 8.65. The molecule has 0 unspecified atom stereocenters. The molecule has 0 amide bonds. The molecule has 0 fully saturated rings. The van der Waals surface area contributed by atoms with E-state index in [0.29, 0.717) is 31.0 Å². The minimum atomic E-state index is -0.965. The highest BCUT2D eigenvalue weighted by Gasteiger charge is 2.17. The number of aliphatic carboxylic acids is 2. The van der Waals surface area contributed by atoms with Crippen molar-refractivity contribution in [3.05, 3.63) is 102 Å². The molecule has 0 aromatic heterocycles. The smallest absolute Gasteiger partial charge is 0.333 e. The van der Waals surface area contributed by atoms with Gasteiger partial charge in [0, 0.05) is 19.1 Å². The van der Waals surface area contributed by atoms with Crippen LogP contribution < -0.4 is 4.74 Å². The predicted molar refractivity (Wildman–Crippen MR) is 146 cm³/mol. The lowest BCUT2D eigenvalue weighted by Gasteiger charge is -2.12. The lowest BCUT2D eigenvalue weighted by Crippen LogP contribution is -2.26. The number of hydrogen-bond acceptors (Lipinski definition) is 4. The zero-order valence-corrected chi connectivity index (χ0v) is 21.3. The van der Waals surface area contributed by atoms with E-state index in [9.17, 15) is 14.7 Å². The number of rotatable bonds is 12. The maximum absolute atomic E-state index is 11.3. The lowest BCUT2D eigenvalue weighted by molar-refractivity contribution is -0.150. The Bertz CT molecular complexity index is 1270. The van der Waals surface area contributed by atoms with Gasteiger partial charge in [-0.05, 0) is 84.0 Å². The first-order valence-corrected chi connectivity index (χ1v) is 12.1. The second kappa shape index (κ2) is 13.2. The Morgan fingerprint density at radius 3 is 2.19 bits per heavy atom. The molecule has 0 aliphatic heterocycles. The van der Waals surface area contributed by atoms with Gasteiger partial charge in [-0.25, -0.2) is 9.59 Å². The van der Waals surface area contributed by atoms with Gasteiger partial charge in [0.25, 0.3) is 0 Å². The summed E-state index contributed by atoms with van der Waals surface area (Å²) in [4.78, 5) is 22.2. The molecule has 2 N–H and O–H groups in total. The first-order valence-electron chi connectivity index (χ1n) is 12.1. The highest BCUT2D eigenvalue weighted by atomic mass is 16.5. The monoisotopic (exact) mass is 500 g/mol. The van der Waals surface area contributed by atoms with Gasteiger partial charge in [-0.15, -0.1) is 0 Å². The Morgan fingerprint density at radius 2 is 1.57 bits per heavy atom. The minimum Gasteiger partial charge on any atom is -0.490 e. The van der Waals surface area contributed by atoms with E-state index in [1.165, 1.54) is 6.08 Å². The van der Waals surface area contributed by atoms with Gasteiger partial charge in [-0.2, -0.15) is 0 Å². The van der Waals surface area contributed by atoms with E-state index in [1.54, 1.807) is 13.8 Å². The van der Waals surface area contributed by atoms with Crippen LogP contribution in [-0.2, 0) is 20.7 Å². The quantitative estimate of drug-likeness (QED) is 0.281. The number of benzene rings is 3. The van der Waals surface area contributed by atoms with Gasteiger partial charge in [0.15, 0.2) is 6.10 Å². The first kappa shape index (κ1) is 27.4. The van der Waals surface area contributed by atoms with Crippen LogP contribution in [0.2, 0.25) is 0 Å². The van der Waals surface area contributed by atoms with Gasteiger partial charge >= 0.3 is 11.9 Å². The topological polar surface area (TPSA) is 93.1 Å². The van der Waals surface area contributed by atoms with Crippen LogP contribution in [0, 0.1) is 0 Å². The van der Waals surface area contributed by atoms with Gasteiger partial charge in [0.1, 0.15) is 12.4 Å². The number of ether oxygens (including phenoxy) is 2. The van der Waals surface area contributed by atoms with E-state index in [-0.39, 0.29) is 0 Å². The summed E-state index contributed by atoms with van der Waals surface area (Å²) in [5, 5.41) is 18.2. The SMILES string of the molecule is CCO[C@@H](Cc1ccc(OC/C=C(\C)c2ccc(-c3cccc(/C(C)=C/C(=O)O)c3)cc2)cc1)C(=O)O. The number of allylic oxidation sites excluding steroid dienone is 2. The molecular formula is C31H32O6. The summed E-state index contributed by atoms with van der Waals surface area (Å²) in [5.74, 6) is -1.22. The minimum absolute atomic E-state index is 0.307. The van der Waals surface area contributed by atoms with E-state index in [2.05, 4.69) is 12.1 Å². The molecule has 37 heavy (non-hydrogen) atoms. The Hall–Kier alpha value is -4.16. The predicted octanol–water partition coefficient (Wildman–Crippen LogP) is 6.36. The number of hydrogen-bond donors (Lipinski definition) is 2. The van der Waals surface area contributed by atoms with E-state index in [4.69, 9.17) is 14.6 Å². The molecule has 0 saturated heterocycles. The van der Waals surface area contributed by atoms with Crippen molar-refractivity contribution in [3.63, 3.8) is 0 Å². The average molecular weight is 501 g/mol. The maximum Gasteiger partial charge on any atom is 0.333 e. The van der Waals surface area contributed by atoms with Crippen molar-refractivity contribution in [1.29, 1.82) is 0 Å². The van der Waals surface area contributed by atoms with E-state index in [0.717, 1.165) is 33.4 Å². The summed E-state index contributed by atoms with van der Waals surface area (Å²) >= 11 is 0. The summed E-state index contributed by atoms with van der Waals surface area (Å²) in [7, 11) is 0. The van der Waals surface area contributed by atoms with Crippen molar-refractivity contribution in [1.82, 2.24) is 0 Å². The zero-order chi connectivity index (χ0) is 26.8. The molecule has 6 heteroatoms. The van der Waals surface area contributed by atoms with E-state index < -0.39 is 18.0 Å². The zero-order valence-electron chi connectivity index (χ0n) is 21.3. The third kappa shape index (κ3) is 8.19. The summed E-state index contributed by atoms with van der Waals surface area (Å²) < 4.78 is 11.1. The normalized spacial score (nSPS) is 12.7. The standard InChI is InChI=1S/C31H32O6/c1-4-36-29(31(34)35)19-23-8-14-28(15-9-23)37-17-16-21(2)24-10-12-25(13-11-24)27-7-5-6-26(20-27)22(3)18-30(32)33/h5-16,18,20,29H,4,17,19H2,1-3H3,(H,32,33)(H,34,35)/b21-16+,22-18+/t29-/m0/s1. The van der Waals surface area contributed by atoms with Crippen molar-refractivity contribution in [3.8, 4) is 16.9 Å². The Balaban J connectivity index is 1.60. The van der Waals surface area contributed by atoms with Gasteiger partial charge in [0.05, 0.1) is 0 Å². The van der Waals surface area contributed by atoms with Crippen LogP contribution in [-0.4, -0.2) is 41.5 Å². The average Bonchev–Trinajstić information content (AvgIpc) is 2.89. The van der Waals surface area contributed by atoms with Crippen LogP contribution in [0.3, 0.4) is 0 Å². The third-order valence-corrected chi connectivity index (χ3v) is 5.96.